The lowest BCUT2D eigenvalue weighted by Crippen LogP contribution is -2.24. The standard InChI is InChI=1S/C20H15N3O7S/c21-17-15(19(25)26)14(16(20(27)28)18(24)22-17)12-8-11(23(29)30)6-7-13(12)31-9-10-4-2-1-3-5-10/h1-8H,9H2,(H,25,26)(H,27,28)(H3,21,22,24). The van der Waals surface area contributed by atoms with Crippen LogP contribution >= 0.6 is 11.8 Å². The molecule has 0 fully saturated rings. The Morgan fingerprint density at radius 2 is 1.71 bits per heavy atom. The number of pyridine rings is 1. The van der Waals surface area contributed by atoms with Gasteiger partial charge >= 0.3 is 11.9 Å². The van der Waals surface area contributed by atoms with Crippen molar-refractivity contribution in [3.05, 3.63) is 85.7 Å². The molecule has 0 radical (unpaired) electrons. The molecule has 5 N–H and O–H groups in total. The quantitative estimate of drug-likeness (QED) is 0.243. The number of nitro groups is 1. The Morgan fingerprint density at radius 1 is 1.06 bits per heavy atom. The van der Waals surface area contributed by atoms with Crippen LogP contribution in [0.4, 0.5) is 11.5 Å². The summed E-state index contributed by atoms with van der Waals surface area (Å²) in [4.78, 5) is 49.0. The topological polar surface area (TPSA) is 177 Å². The molecule has 1 heterocycles. The Bertz CT molecular complexity index is 1260. The van der Waals surface area contributed by atoms with E-state index in [4.69, 9.17) is 5.73 Å². The summed E-state index contributed by atoms with van der Waals surface area (Å²) in [5.74, 6) is -3.42. The van der Waals surface area contributed by atoms with Crippen molar-refractivity contribution in [3.8, 4) is 11.1 Å². The first kappa shape index (κ1) is 21.6. The Labute approximate surface area is 178 Å². The highest BCUT2D eigenvalue weighted by Gasteiger charge is 2.29. The molecule has 11 heteroatoms. The van der Waals surface area contributed by atoms with Crippen LogP contribution in [-0.4, -0.2) is 32.1 Å². The molecular weight excluding hydrogens is 426 g/mol. The van der Waals surface area contributed by atoms with Gasteiger partial charge in [0.15, 0.2) is 0 Å². The second-order valence-corrected chi connectivity index (χ2v) is 7.33. The lowest BCUT2D eigenvalue weighted by molar-refractivity contribution is -0.384. The van der Waals surface area contributed by atoms with Crippen LogP contribution in [0.5, 0.6) is 0 Å². The van der Waals surface area contributed by atoms with Crippen molar-refractivity contribution < 1.29 is 24.7 Å². The molecule has 0 aliphatic rings. The van der Waals surface area contributed by atoms with Crippen LogP contribution in [-0.2, 0) is 5.75 Å². The number of nitro benzene ring substituents is 1. The van der Waals surface area contributed by atoms with Crippen LogP contribution in [0.3, 0.4) is 0 Å². The van der Waals surface area contributed by atoms with Crippen molar-refractivity contribution in [2.24, 2.45) is 0 Å². The number of hydrogen-bond donors (Lipinski definition) is 4. The minimum atomic E-state index is -1.69. The van der Waals surface area contributed by atoms with Gasteiger partial charge in [-0.2, -0.15) is 0 Å². The third-order valence-corrected chi connectivity index (χ3v) is 5.50. The normalized spacial score (nSPS) is 10.6. The van der Waals surface area contributed by atoms with Crippen LogP contribution in [0.15, 0.2) is 58.2 Å². The maximum Gasteiger partial charge on any atom is 0.342 e. The molecule has 31 heavy (non-hydrogen) atoms. The number of thioether (sulfide) groups is 1. The number of nitrogens with zero attached hydrogens (tertiary/aromatic N) is 1. The first-order valence-corrected chi connectivity index (χ1v) is 9.67. The summed E-state index contributed by atoms with van der Waals surface area (Å²) >= 11 is 1.21. The molecule has 3 aromatic rings. The van der Waals surface area contributed by atoms with Crippen molar-refractivity contribution >= 4 is 35.2 Å². The molecule has 0 saturated heterocycles. The maximum atomic E-state index is 12.3. The van der Waals surface area contributed by atoms with Crippen LogP contribution in [0.25, 0.3) is 11.1 Å². The number of carbonyl (C=O) groups is 2. The molecule has 0 unspecified atom stereocenters. The second kappa shape index (κ2) is 8.71. The van der Waals surface area contributed by atoms with Gasteiger partial charge in [0.1, 0.15) is 16.9 Å². The van der Waals surface area contributed by atoms with E-state index in [-0.39, 0.29) is 5.56 Å². The number of nitrogen functional groups attached to an aromatic ring is 1. The number of H-pyrrole nitrogens is 1. The van der Waals surface area contributed by atoms with Gasteiger partial charge in [0.25, 0.3) is 11.2 Å². The highest BCUT2D eigenvalue weighted by molar-refractivity contribution is 7.98. The smallest absolute Gasteiger partial charge is 0.342 e. The van der Waals surface area contributed by atoms with E-state index >= 15 is 0 Å². The number of anilines is 1. The number of nitrogens with two attached hydrogens (primary N) is 1. The molecular formula is C20H15N3O7S. The summed E-state index contributed by atoms with van der Waals surface area (Å²) in [7, 11) is 0. The lowest BCUT2D eigenvalue weighted by Gasteiger charge is -2.15. The number of aromatic nitrogens is 1. The number of hydrogen-bond acceptors (Lipinski definition) is 7. The minimum Gasteiger partial charge on any atom is -0.478 e. The first-order valence-electron chi connectivity index (χ1n) is 8.68. The zero-order valence-corrected chi connectivity index (χ0v) is 16.5. The number of carboxylic acids is 2. The third kappa shape index (κ3) is 4.41. The minimum absolute atomic E-state index is 0.0808. The molecule has 0 aliphatic carbocycles. The number of aromatic carboxylic acids is 2. The second-order valence-electron chi connectivity index (χ2n) is 6.31. The van der Waals surface area contributed by atoms with E-state index in [1.807, 2.05) is 35.3 Å². The fraction of sp³-hybridized carbons (Fsp3) is 0.0500. The average molecular weight is 441 g/mol. The highest BCUT2D eigenvalue weighted by Crippen LogP contribution is 2.39. The van der Waals surface area contributed by atoms with Crippen LogP contribution in [0, 0.1) is 10.1 Å². The number of nitrogens with one attached hydrogen (secondary N) is 1. The lowest BCUT2D eigenvalue weighted by atomic mass is 9.95. The van der Waals surface area contributed by atoms with E-state index in [2.05, 4.69) is 0 Å². The van der Waals surface area contributed by atoms with E-state index in [9.17, 15) is 34.7 Å². The van der Waals surface area contributed by atoms with Crippen molar-refractivity contribution in [1.29, 1.82) is 0 Å². The molecule has 0 amide bonds. The summed E-state index contributed by atoms with van der Waals surface area (Å²) in [6.45, 7) is 0. The van der Waals surface area contributed by atoms with Gasteiger partial charge in [-0.15, -0.1) is 11.8 Å². The van der Waals surface area contributed by atoms with Gasteiger partial charge in [0, 0.05) is 33.9 Å². The van der Waals surface area contributed by atoms with Gasteiger partial charge < -0.3 is 20.9 Å². The Balaban J connectivity index is 2.31. The SMILES string of the molecule is Nc1[nH]c(=O)c(C(=O)O)c(-c2cc([N+](=O)[O-])ccc2SCc2ccccc2)c1C(=O)O. The number of non-ortho nitro benzene ring substituents is 1. The number of aromatic amines is 1. The zero-order valence-electron chi connectivity index (χ0n) is 15.7. The van der Waals surface area contributed by atoms with E-state index < -0.39 is 50.6 Å². The number of benzene rings is 2. The fourth-order valence-corrected chi connectivity index (χ4v) is 4.00. The van der Waals surface area contributed by atoms with E-state index in [1.165, 1.54) is 23.9 Å². The third-order valence-electron chi connectivity index (χ3n) is 4.35. The van der Waals surface area contributed by atoms with Gasteiger partial charge in [-0.1, -0.05) is 30.3 Å². The zero-order chi connectivity index (χ0) is 22.7. The Kier molecular flexibility index (Phi) is 6.07. The fourth-order valence-electron chi connectivity index (χ4n) is 3.00. The predicted molar refractivity (Wildman–Crippen MR) is 113 cm³/mol. The summed E-state index contributed by atoms with van der Waals surface area (Å²) in [5.41, 5.74) is 2.99. The van der Waals surface area contributed by atoms with Crippen molar-refractivity contribution in [2.75, 3.05) is 5.73 Å². The van der Waals surface area contributed by atoms with Crippen molar-refractivity contribution in [1.82, 2.24) is 4.98 Å². The predicted octanol–water partition coefficient (Wildman–Crippen LogP) is 3.22. The molecule has 0 atom stereocenters. The molecule has 0 bridgehead atoms. The monoisotopic (exact) mass is 441 g/mol. The van der Waals surface area contributed by atoms with Crippen LogP contribution in [0.2, 0.25) is 0 Å². The molecule has 158 valence electrons. The summed E-state index contributed by atoms with van der Waals surface area (Å²) < 4.78 is 0. The largest absolute Gasteiger partial charge is 0.478 e. The highest BCUT2D eigenvalue weighted by atomic mass is 32.2. The number of rotatable bonds is 7. The van der Waals surface area contributed by atoms with E-state index in [0.29, 0.717) is 10.6 Å². The van der Waals surface area contributed by atoms with Crippen LogP contribution in [0.1, 0.15) is 26.3 Å². The van der Waals surface area contributed by atoms with Crippen LogP contribution < -0.4 is 11.3 Å². The molecule has 2 aromatic carbocycles. The molecule has 3 rings (SSSR count). The number of carboxylic acid groups (broad SMARTS) is 2. The molecule has 1 aromatic heterocycles. The van der Waals surface area contributed by atoms with Gasteiger partial charge in [-0.25, -0.2) is 9.59 Å². The molecule has 0 aliphatic heterocycles. The van der Waals surface area contributed by atoms with Gasteiger partial charge in [-0.3, -0.25) is 14.9 Å². The average Bonchev–Trinajstić information content (AvgIpc) is 2.71. The van der Waals surface area contributed by atoms with Gasteiger partial charge in [0.05, 0.1) is 4.92 Å². The molecule has 0 saturated carbocycles. The van der Waals surface area contributed by atoms with E-state index in [1.54, 1.807) is 0 Å². The van der Waals surface area contributed by atoms with Crippen molar-refractivity contribution in [2.45, 2.75) is 10.6 Å². The Hall–Kier alpha value is -4.12. The molecule has 10 nitrogen and oxygen atoms in total. The first-order chi connectivity index (χ1) is 14.7. The summed E-state index contributed by atoms with van der Waals surface area (Å²) in [6.07, 6.45) is 0. The summed E-state index contributed by atoms with van der Waals surface area (Å²) in [5, 5.41) is 30.6. The van der Waals surface area contributed by atoms with Gasteiger partial charge in [0.2, 0.25) is 0 Å². The Morgan fingerprint density at radius 3 is 2.29 bits per heavy atom. The summed E-state index contributed by atoms with van der Waals surface area (Å²) in [6, 6.07) is 12.8. The van der Waals surface area contributed by atoms with E-state index in [0.717, 1.165) is 11.6 Å². The molecule has 0 spiro atoms. The van der Waals surface area contributed by atoms with Gasteiger partial charge in [-0.05, 0) is 11.6 Å². The van der Waals surface area contributed by atoms with Crippen molar-refractivity contribution in [3.63, 3.8) is 0 Å². The maximum absolute atomic E-state index is 12.3.